The van der Waals surface area contributed by atoms with E-state index >= 15 is 0 Å². The van der Waals surface area contributed by atoms with Crippen LogP contribution in [-0.4, -0.2) is 12.1 Å². The maximum absolute atomic E-state index is 5.63. The molecule has 0 spiro atoms. The van der Waals surface area contributed by atoms with E-state index in [-0.39, 0.29) is 0 Å². The van der Waals surface area contributed by atoms with Gasteiger partial charge in [0, 0.05) is 6.04 Å². The topological polar surface area (TPSA) is 52.0 Å². The lowest BCUT2D eigenvalue weighted by molar-refractivity contribution is 0.441. The molecule has 0 bridgehead atoms. The van der Waals surface area contributed by atoms with Crippen molar-refractivity contribution in [2.45, 2.75) is 58.0 Å². The Labute approximate surface area is 70.3 Å². The molecule has 2 nitrogen and oxygen atoms in total. The predicted octanol–water partition coefficient (Wildman–Crippen LogP) is 1.63. The van der Waals surface area contributed by atoms with Gasteiger partial charge >= 0.3 is 0 Å². The summed E-state index contributed by atoms with van der Waals surface area (Å²) in [6.45, 7) is 3.89. The van der Waals surface area contributed by atoms with Crippen molar-refractivity contribution in [3.05, 3.63) is 0 Å². The molecule has 0 atom stereocenters. The van der Waals surface area contributed by atoms with Gasteiger partial charge in [-0.25, -0.2) is 0 Å². The summed E-state index contributed by atoms with van der Waals surface area (Å²) in [5.41, 5.74) is 10.7. The van der Waals surface area contributed by atoms with Gasteiger partial charge in [-0.05, 0) is 18.9 Å². The maximum atomic E-state index is 5.63. The molecule has 2 heteroatoms. The normalized spacial score (nSPS) is 19.4. The number of hydrogen-bond acceptors (Lipinski definition) is 2. The zero-order valence-electron chi connectivity index (χ0n) is 7.84. The average molecular weight is 158 g/mol. The van der Waals surface area contributed by atoms with Crippen LogP contribution in [0.2, 0.25) is 0 Å². The molecule has 1 fully saturated rings. The lowest BCUT2D eigenvalue weighted by atomic mass is 9.97. The van der Waals surface area contributed by atoms with Crippen LogP contribution in [0.5, 0.6) is 0 Å². The second-order valence-corrected chi connectivity index (χ2v) is 3.64. The van der Waals surface area contributed by atoms with Gasteiger partial charge in [0.1, 0.15) is 0 Å². The summed E-state index contributed by atoms with van der Waals surface area (Å²) in [6, 6.07) is 0.869. The largest absolute Gasteiger partial charge is 0.328 e. The molecule has 1 aliphatic carbocycles. The Bertz CT molecular complexity index is 72.9. The van der Waals surface area contributed by atoms with Crippen LogP contribution >= 0.6 is 0 Å². The van der Waals surface area contributed by atoms with Gasteiger partial charge in [0.25, 0.3) is 0 Å². The summed E-state index contributed by atoms with van der Waals surface area (Å²) in [7, 11) is 0. The molecule has 0 amide bonds. The van der Waals surface area contributed by atoms with E-state index in [1.807, 2.05) is 13.8 Å². The molecular weight excluding hydrogens is 136 g/mol. The van der Waals surface area contributed by atoms with E-state index in [9.17, 15) is 0 Å². The fraction of sp³-hybridized carbons (Fsp3) is 1.00. The van der Waals surface area contributed by atoms with E-state index in [4.69, 9.17) is 11.5 Å². The molecule has 1 rings (SSSR count). The second-order valence-electron chi connectivity index (χ2n) is 3.64. The van der Waals surface area contributed by atoms with Gasteiger partial charge in [0.2, 0.25) is 0 Å². The first-order valence-corrected chi connectivity index (χ1v) is 4.64. The van der Waals surface area contributed by atoms with E-state index in [0.29, 0.717) is 12.1 Å². The summed E-state index contributed by atoms with van der Waals surface area (Å²) in [6.07, 6.45) is 6.66. The third-order valence-corrected chi connectivity index (χ3v) is 1.65. The van der Waals surface area contributed by atoms with Gasteiger partial charge in [-0.15, -0.1) is 0 Å². The SMILES string of the molecule is CC(C)N.NC1CCCCC1. The van der Waals surface area contributed by atoms with E-state index in [1.54, 1.807) is 0 Å². The third-order valence-electron chi connectivity index (χ3n) is 1.65. The molecule has 0 aromatic carbocycles. The quantitative estimate of drug-likeness (QED) is 0.563. The van der Waals surface area contributed by atoms with Gasteiger partial charge in [-0.1, -0.05) is 33.1 Å². The molecule has 0 aromatic rings. The van der Waals surface area contributed by atoms with Crippen LogP contribution in [0.25, 0.3) is 0 Å². The summed E-state index contributed by atoms with van der Waals surface area (Å²) in [4.78, 5) is 0. The fourth-order valence-electron chi connectivity index (χ4n) is 1.13. The number of rotatable bonds is 0. The summed E-state index contributed by atoms with van der Waals surface area (Å²) >= 11 is 0. The van der Waals surface area contributed by atoms with Crippen molar-refractivity contribution in [2.75, 3.05) is 0 Å². The fourth-order valence-corrected chi connectivity index (χ4v) is 1.13. The lowest BCUT2D eigenvalue weighted by Gasteiger charge is -2.15. The van der Waals surface area contributed by atoms with Crippen molar-refractivity contribution in [3.63, 3.8) is 0 Å². The number of nitrogens with two attached hydrogens (primary N) is 2. The minimum Gasteiger partial charge on any atom is -0.328 e. The summed E-state index contributed by atoms with van der Waals surface area (Å²) < 4.78 is 0. The summed E-state index contributed by atoms with van der Waals surface area (Å²) in [5, 5.41) is 0. The van der Waals surface area contributed by atoms with Crippen molar-refractivity contribution in [2.24, 2.45) is 11.5 Å². The standard InChI is InChI=1S/C6H13N.C3H9N/c7-6-4-2-1-3-5-6;1-3(2)4/h6H,1-5,7H2;3H,4H2,1-2H3. The first-order valence-electron chi connectivity index (χ1n) is 4.64. The Balaban J connectivity index is 0.000000218. The smallest absolute Gasteiger partial charge is 0.00388 e. The van der Waals surface area contributed by atoms with Crippen molar-refractivity contribution < 1.29 is 0 Å². The van der Waals surface area contributed by atoms with E-state index < -0.39 is 0 Å². The van der Waals surface area contributed by atoms with Crippen molar-refractivity contribution in [1.29, 1.82) is 0 Å². The van der Waals surface area contributed by atoms with Crippen LogP contribution < -0.4 is 11.5 Å². The molecule has 1 saturated carbocycles. The predicted molar refractivity (Wildman–Crippen MR) is 50.4 cm³/mol. The third kappa shape index (κ3) is 9.92. The van der Waals surface area contributed by atoms with Crippen LogP contribution in [0.15, 0.2) is 0 Å². The summed E-state index contributed by atoms with van der Waals surface area (Å²) in [5.74, 6) is 0. The monoisotopic (exact) mass is 158 g/mol. The minimum absolute atomic E-state index is 0.333. The Morgan fingerprint density at radius 3 is 1.64 bits per heavy atom. The minimum atomic E-state index is 0.333. The highest BCUT2D eigenvalue weighted by Gasteiger charge is 2.06. The van der Waals surface area contributed by atoms with E-state index in [2.05, 4.69) is 0 Å². The zero-order chi connectivity index (χ0) is 8.69. The van der Waals surface area contributed by atoms with Crippen LogP contribution in [0.4, 0.5) is 0 Å². The van der Waals surface area contributed by atoms with Crippen molar-refractivity contribution >= 4 is 0 Å². The molecule has 0 radical (unpaired) electrons. The number of hydrogen-bond donors (Lipinski definition) is 2. The lowest BCUT2D eigenvalue weighted by Crippen LogP contribution is -2.22. The van der Waals surface area contributed by atoms with Gasteiger partial charge in [0.05, 0.1) is 0 Å². The highest BCUT2D eigenvalue weighted by atomic mass is 14.6. The van der Waals surface area contributed by atoms with E-state index in [1.165, 1.54) is 32.1 Å². The van der Waals surface area contributed by atoms with Gasteiger partial charge in [-0.2, -0.15) is 0 Å². The first kappa shape index (κ1) is 10.9. The Hall–Kier alpha value is -0.0800. The molecule has 1 aliphatic rings. The highest BCUT2D eigenvalue weighted by Crippen LogP contribution is 2.14. The van der Waals surface area contributed by atoms with Crippen molar-refractivity contribution in [3.8, 4) is 0 Å². The molecule has 0 unspecified atom stereocenters. The first-order chi connectivity index (χ1) is 5.13. The van der Waals surface area contributed by atoms with E-state index in [0.717, 1.165) is 0 Å². The van der Waals surface area contributed by atoms with Gasteiger partial charge < -0.3 is 11.5 Å². The van der Waals surface area contributed by atoms with Crippen LogP contribution in [0.1, 0.15) is 46.0 Å². The van der Waals surface area contributed by atoms with Gasteiger partial charge in [-0.3, -0.25) is 0 Å². The van der Waals surface area contributed by atoms with Gasteiger partial charge in [0.15, 0.2) is 0 Å². The molecule has 4 N–H and O–H groups in total. The molecule has 68 valence electrons. The molecule has 0 heterocycles. The Morgan fingerprint density at radius 2 is 1.45 bits per heavy atom. The second kappa shape index (κ2) is 6.62. The average Bonchev–Trinajstić information content (AvgIpc) is 1.87. The Morgan fingerprint density at radius 1 is 1.09 bits per heavy atom. The zero-order valence-corrected chi connectivity index (χ0v) is 7.84. The molecule has 0 saturated heterocycles. The Kier molecular flexibility index (Phi) is 6.57. The molecule has 0 aromatic heterocycles. The molecule has 0 aliphatic heterocycles. The highest BCUT2D eigenvalue weighted by molar-refractivity contribution is 4.66. The van der Waals surface area contributed by atoms with Crippen LogP contribution in [0.3, 0.4) is 0 Å². The molecular formula is C9H22N2. The van der Waals surface area contributed by atoms with Crippen LogP contribution in [-0.2, 0) is 0 Å². The van der Waals surface area contributed by atoms with Crippen molar-refractivity contribution in [1.82, 2.24) is 0 Å². The maximum Gasteiger partial charge on any atom is 0.00388 e. The van der Waals surface area contributed by atoms with Crippen LogP contribution in [0, 0.1) is 0 Å². The molecule has 11 heavy (non-hydrogen) atoms.